The number of hydrogen-bond acceptors (Lipinski definition) is 4. The van der Waals surface area contributed by atoms with Crippen LogP contribution in [0.15, 0.2) is 24.3 Å². The van der Waals surface area contributed by atoms with Crippen LogP contribution in [-0.4, -0.2) is 19.1 Å². The third kappa shape index (κ3) is 5.36. The molecule has 94 valence electrons. The van der Waals surface area contributed by atoms with E-state index >= 15 is 0 Å². The third-order valence-electron chi connectivity index (χ3n) is 2.36. The molecule has 0 spiro atoms. The van der Waals surface area contributed by atoms with E-state index in [1.807, 2.05) is 31.2 Å². The monoisotopic (exact) mass is 237 g/mol. The molecular weight excluding hydrogens is 218 g/mol. The van der Waals surface area contributed by atoms with Crippen molar-refractivity contribution in [3.05, 3.63) is 29.8 Å². The van der Waals surface area contributed by atoms with Crippen LogP contribution in [0.4, 0.5) is 0 Å². The first-order valence-corrected chi connectivity index (χ1v) is 5.66. The molecule has 0 aliphatic carbocycles. The summed E-state index contributed by atoms with van der Waals surface area (Å²) in [5.41, 5.74) is 6.50. The van der Waals surface area contributed by atoms with Crippen molar-refractivity contribution >= 4 is 5.97 Å². The van der Waals surface area contributed by atoms with Crippen LogP contribution < -0.4 is 10.5 Å². The number of nitrogens with two attached hydrogens (primary N) is 1. The summed E-state index contributed by atoms with van der Waals surface area (Å²) in [5, 5.41) is 0. The van der Waals surface area contributed by atoms with Crippen molar-refractivity contribution in [2.75, 3.05) is 7.11 Å². The van der Waals surface area contributed by atoms with Crippen molar-refractivity contribution in [2.45, 2.75) is 32.4 Å². The first-order valence-electron chi connectivity index (χ1n) is 5.66. The van der Waals surface area contributed by atoms with Gasteiger partial charge in [0.2, 0.25) is 0 Å². The molecule has 0 amide bonds. The number of rotatable bonds is 6. The molecule has 0 aromatic heterocycles. The smallest absolute Gasteiger partial charge is 0.306 e. The van der Waals surface area contributed by atoms with E-state index in [0.29, 0.717) is 19.4 Å². The van der Waals surface area contributed by atoms with Crippen molar-refractivity contribution in [2.24, 2.45) is 5.73 Å². The lowest BCUT2D eigenvalue weighted by Crippen LogP contribution is -2.17. The third-order valence-corrected chi connectivity index (χ3v) is 2.36. The van der Waals surface area contributed by atoms with E-state index in [0.717, 1.165) is 11.3 Å². The Kier molecular flexibility index (Phi) is 5.49. The van der Waals surface area contributed by atoms with Gasteiger partial charge in [-0.25, -0.2) is 0 Å². The van der Waals surface area contributed by atoms with E-state index < -0.39 is 0 Å². The van der Waals surface area contributed by atoms with Gasteiger partial charge in [0.1, 0.15) is 12.4 Å². The molecule has 0 aliphatic rings. The van der Waals surface area contributed by atoms with Gasteiger partial charge in [-0.15, -0.1) is 0 Å². The molecule has 17 heavy (non-hydrogen) atoms. The average Bonchev–Trinajstić information content (AvgIpc) is 2.34. The van der Waals surface area contributed by atoms with Crippen LogP contribution in [0.1, 0.15) is 25.3 Å². The van der Waals surface area contributed by atoms with E-state index in [4.69, 9.17) is 15.2 Å². The maximum absolute atomic E-state index is 11.3. The highest BCUT2D eigenvalue weighted by Gasteiger charge is 2.05. The number of ether oxygens (including phenoxy) is 2. The second-order valence-corrected chi connectivity index (χ2v) is 4.02. The predicted molar refractivity (Wildman–Crippen MR) is 65.7 cm³/mol. The molecule has 0 fully saturated rings. The second-order valence-electron chi connectivity index (χ2n) is 4.02. The Morgan fingerprint density at radius 2 is 2.00 bits per heavy atom. The Morgan fingerprint density at radius 3 is 2.53 bits per heavy atom. The molecule has 0 bridgehead atoms. The summed E-state index contributed by atoms with van der Waals surface area (Å²) in [6.45, 7) is 2.17. The summed E-state index contributed by atoms with van der Waals surface area (Å²) >= 11 is 0. The van der Waals surface area contributed by atoms with E-state index in [2.05, 4.69) is 0 Å². The minimum absolute atomic E-state index is 0.0311. The highest BCUT2D eigenvalue weighted by atomic mass is 16.5. The van der Waals surface area contributed by atoms with Crippen molar-refractivity contribution in [1.29, 1.82) is 0 Å². The number of methoxy groups -OCH3 is 1. The Labute approximate surface area is 102 Å². The Hall–Kier alpha value is -1.55. The Balaban J connectivity index is 2.31. The first-order chi connectivity index (χ1) is 8.11. The lowest BCUT2D eigenvalue weighted by atomic mass is 10.2. The van der Waals surface area contributed by atoms with Crippen LogP contribution >= 0.6 is 0 Å². The van der Waals surface area contributed by atoms with Crippen LogP contribution in [0.2, 0.25) is 0 Å². The summed E-state index contributed by atoms with van der Waals surface area (Å²) in [5.74, 6) is 0.579. The maximum atomic E-state index is 11.3. The predicted octanol–water partition coefficient (Wildman–Crippen LogP) is 1.87. The van der Waals surface area contributed by atoms with Gasteiger partial charge in [0.05, 0.1) is 7.11 Å². The molecule has 1 atom stereocenters. The highest BCUT2D eigenvalue weighted by Crippen LogP contribution is 2.12. The van der Waals surface area contributed by atoms with E-state index in [9.17, 15) is 4.79 Å². The van der Waals surface area contributed by atoms with Crippen molar-refractivity contribution in [1.82, 2.24) is 0 Å². The molecule has 4 heteroatoms. The average molecular weight is 237 g/mol. The van der Waals surface area contributed by atoms with Gasteiger partial charge in [-0.2, -0.15) is 0 Å². The van der Waals surface area contributed by atoms with Gasteiger partial charge in [0.15, 0.2) is 0 Å². The molecule has 2 N–H and O–H groups in total. The quantitative estimate of drug-likeness (QED) is 0.767. The number of hydrogen-bond donors (Lipinski definition) is 1. The van der Waals surface area contributed by atoms with Gasteiger partial charge in [-0.3, -0.25) is 4.79 Å². The molecule has 0 saturated heterocycles. The molecule has 0 saturated carbocycles. The molecule has 0 radical (unpaired) electrons. The normalized spacial score (nSPS) is 11.9. The SMILES string of the molecule is COc1ccc(COC(=O)CCC(C)N)cc1. The molecule has 0 heterocycles. The lowest BCUT2D eigenvalue weighted by Gasteiger charge is -2.07. The van der Waals surface area contributed by atoms with Gasteiger partial charge in [0.25, 0.3) is 0 Å². The topological polar surface area (TPSA) is 61.5 Å². The standard InChI is InChI=1S/C13H19NO3/c1-10(14)3-8-13(15)17-9-11-4-6-12(16-2)7-5-11/h4-7,10H,3,8-9,14H2,1-2H3. The number of benzene rings is 1. The molecular formula is C13H19NO3. The minimum Gasteiger partial charge on any atom is -0.497 e. The zero-order valence-corrected chi connectivity index (χ0v) is 10.3. The summed E-state index contributed by atoms with van der Waals surface area (Å²) in [6, 6.07) is 7.45. The lowest BCUT2D eigenvalue weighted by molar-refractivity contribution is -0.145. The molecule has 1 unspecified atom stereocenters. The first kappa shape index (κ1) is 13.5. The molecule has 4 nitrogen and oxygen atoms in total. The maximum Gasteiger partial charge on any atom is 0.306 e. The summed E-state index contributed by atoms with van der Waals surface area (Å²) in [4.78, 5) is 11.3. The fourth-order valence-electron chi connectivity index (χ4n) is 1.30. The van der Waals surface area contributed by atoms with Crippen LogP contribution in [0.3, 0.4) is 0 Å². The van der Waals surface area contributed by atoms with E-state index in [1.54, 1.807) is 7.11 Å². The number of esters is 1. The molecule has 1 aromatic rings. The van der Waals surface area contributed by atoms with Crippen LogP contribution in [0.25, 0.3) is 0 Å². The van der Waals surface area contributed by atoms with Gasteiger partial charge in [-0.05, 0) is 31.0 Å². The highest BCUT2D eigenvalue weighted by molar-refractivity contribution is 5.69. The van der Waals surface area contributed by atoms with E-state index in [1.165, 1.54) is 0 Å². The van der Waals surface area contributed by atoms with Gasteiger partial charge in [-0.1, -0.05) is 12.1 Å². The van der Waals surface area contributed by atoms with Crippen LogP contribution in [-0.2, 0) is 16.1 Å². The number of carbonyl (C=O) groups excluding carboxylic acids is 1. The fourth-order valence-corrected chi connectivity index (χ4v) is 1.30. The van der Waals surface area contributed by atoms with Gasteiger partial charge < -0.3 is 15.2 Å². The van der Waals surface area contributed by atoms with Crippen LogP contribution in [0.5, 0.6) is 5.75 Å². The minimum atomic E-state index is -0.210. The second kappa shape index (κ2) is 6.91. The largest absolute Gasteiger partial charge is 0.497 e. The molecule has 0 aliphatic heterocycles. The van der Waals surface area contributed by atoms with Crippen molar-refractivity contribution in [3.63, 3.8) is 0 Å². The fraction of sp³-hybridized carbons (Fsp3) is 0.462. The summed E-state index contributed by atoms with van der Waals surface area (Å²) in [7, 11) is 1.61. The number of carbonyl (C=O) groups is 1. The Morgan fingerprint density at radius 1 is 1.35 bits per heavy atom. The summed E-state index contributed by atoms with van der Waals surface area (Å²) < 4.78 is 10.2. The molecule has 1 rings (SSSR count). The zero-order chi connectivity index (χ0) is 12.7. The van der Waals surface area contributed by atoms with E-state index in [-0.39, 0.29) is 12.0 Å². The zero-order valence-electron chi connectivity index (χ0n) is 10.3. The van der Waals surface area contributed by atoms with Crippen molar-refractivity contribution in [3.8, 4) is 5.75 Å². The molecule has 1 aromatic carbocycles. The van der Waals surface area contributed by atoms with Gasteiger partial charge in [0, 0.05) is 12.5 Å². The Bertz CT molecular complexity index is 346. The van der Waals surface area contributed by atoms with Gasteiger partial charge >= 0.3 is 5.97 Å². The van der Waals surface area contributed by atoms with Crippen LogP contribution in [0, 0.1) is 0 Å². The summed E-state index contributed by atoms with van der Waals surface area (Å²) in [6.07, 6.45) is 1.02. The van der Waals surface area contributed by atoms with Crippen molar-refractivity contribution < 1.29 is 14.3 Å².